The molecule has 0 spiro atoms. The maximum Gasteiger partial charge on any atom is 0.262 e. The fraction of sp³-hybridized carbons (Fsp3) is 0.118. The van der Waals surface area contributed by atoms with Crippen LogP contribution in [0.3, 0.4) is 0 Å². The quantitative estimate of drug-likeness (QED) is 0.778. The lowest BCUT2D eigenvalue weighted by atomic mass is 10.1. The maximum atomic E-state index is 12.9. The summed E-state index contributed by atoms with van der Waals surface area (Å²) >= 11 is 0. The molecule has 0 bridgehead atoms. The van der Waals surface area contributed by atoms with E-state index in [2.05, 4.69) is 9.88 Å². The van der Waals surface area contributed by atoms with E-state index in [-0.39, 0.29) is 4.90 Å². The van der Waals surface area contributed by atoms with E-state index < -0.39 is 15.8 Å². The largest absolute Gasteiger partial charge is 0.356 e. The molecule has 7 heteroatoms. The molecule has 0 saturated carbocycles. The third kappa shape index (κ3) is 3.30. The van der Waals surface area contributed by atoms with E-state index in [0.29, 0.717) is 17.0 Å². The standard InChI is InChI=1S/C17H15FN2O3S/c1-11-9-13(16-10-12(2)19-23-16)3-8-17(11)24(21,22)20-15-6-4-14(18)5-7-15/h3-10,20H,1-2H3. The molecule has 3 aromatic rings. The first kappa shape index (κ1) is 16.2. The van der Waals surface area contributed by atoms with E-state index in [0.717, 1.165) is 11.3 Å². The van der Waals surface area contributed by atoms with Crippen LogP contribution in [-0.4, -0.2) is 13.6 Å². The number of aromatic nitrogens is 1. The van der Waals surface area contributed by atoms with E-state index in [1.807, 2.05) is 6.92 Å². The summed E-state index contributed by atoms with van der Waals surface area (Å²) in [5.41, 5.74) is 2.35. The number of nitrogens with one attached hydrogen (secondary N) is 1. The van der Waals surface area contributed by atoms with Crippen molar-refractivity contribution in [2.45, 2.75) is 18.7 Å². The molecular formula is C17H15FN2O3S. The first-order chi connectivity index (χ1) is 11.3. The molecule has 0 atom stereocenters. The minimum atomic E-state index is -3.77. The number of hydrogen-bond acceptors (Lipinski definition) is 4. The average Bonchev–Trinajstić information content (AvgIpc) is 2.95. The van der Waals surface area contributed by atoms with Crippen LogP contribution in [0.5, 0.6) is 0 Å². The van der Waals surface area contributed by atoms with Crippen molar-refractivity contribution in [2.24, 2.45) is 0 Å². The summed E-state index contributed by atoms with van der Waals surface area (Å²) in [5.74, 6) is 0.145. The minimum absolute atomic E-state index is 0.145. The molecule has 0 radical (unpaired) electrons. The van der Waals surface area contributed by atoms with Gasteiger partial charge >= 0.3 is 0 Å². The van der Waals surface area contributed by atoms with Gasteiger partial charge < -0.3 is 4.52 Å². The number of hydrogen-bond donors (Lipinski definition) is 1. The molecule has 1 N–H and O–H groups in total. The molecule has 0 fully saturated rings. The van der Waals surface area contributed by atoms with Crippen molar-refractivity contribution in [1.29, 1.82) is 0 Å². The van der Waals surface area contributed by atoms with Crippen molar-refractivity contribution < 1.29 is 17.3 Å². The molecule has 24 heavy (non-hydrogen) atoms. The maximum absolute atomic E-state index is 12.9. The molecule has 1 heterocycles. The number of nitrogens with zero attached hydrogens (tertiary/aromatic N) is 1. The fourth-order valence-electron chi connectivity index (χ4n) is 2.33. The van der Waals surface area contributed by atoms with Crippen LogP contribution in [0.1, 0.15) is 11.3 Å². The highest BCUT2D eigenvalue weighted by molar-refractivity contribution is 7.92. The summed E-state index contributed by atoms with van der Waals surface area (Å²) in [6.07, 6.45) is 0. The molecule has 1 aromatic heterocycles. The zero-order chi connectivity index (χ0) is 17.3. The summed E-state index contributed by atoms with van der Waals surface area (Å²) in [5, 5.41) is 3.82. The van der Waals surface area contributed by atoms with Crippen LogP contribution in [0.2, 0.25) is 0 Å². The Kier molecular flexibility index (Phi) is 4.11. The summed E-state index contributed by atoms with van der Waals surface area (Å²) in [6.45, 7) is 3.51. The molecular weight excluding hydrogens is 331 g/mol. The number of anilines is 1. The van der Waals surface area contributed by atoms with E-state index in [9.17, 15) is 12.8 Å². The number of benzene rings is 2. The van der Waals surface area contributed by atoms with Gasteiger partial charge in [0.05, 0.1) is 10.6 Å². The molecule has 0 aliphatic rings. The van der Waals surface area contributed by atoms with Gasteiger partial charge in [-0.3, -0.25) is 4.72 Å². The lowest BCUT2D eigenvalue weighted by molar-refractivity contribution is 0.427. The SMILES string of the molecule is Cc1cc(-c2ccc(S(=O)(=O)Nc3ccc(F)cc3)c(C)c2)on1. The predicted octanol–water partition coefficient (Wildman–Crippen LogP) is 3.90. The number of sulfonamides is 1. The third-order valence-corrected chi connectivity index (χ3v) is 5.01. The third-order valence-electron chi connectivity index (χ3n) is 3.47. The highest BCUT2D eigenvalue weighted by Gasteiger charge is 2.18. The van der Waals surface area contributed by atoms with Gasteiger partial charge in [0.15, 0.2) is 5.76 Å². The summed E-state index contributed by atoms with van der Waals surface area (Å²) in [4.78, 5) is 0.145. The normalized spacial score (nSPS) is 11.5. The van der Waals surface area contributed by atoms with Gasteiger partial charge in [-0.15, -0.1) is 0 Å². The number of halogens is 1. The first-order valence-electron chi connectivity index (χ1n) is 7.18. The van der Waals surface area contributed by atoms with Gasteiger partial charge in [-0.05, 0) is 61.9 Å². The van der Waals surface area contributed by atoms with Crippen LogP contribution in [-0.2, 0) is 10.0 Å². The van der Waals surface area contributed by atoms with Crippen molar-refractivity contribution >= 4 is 15.7 Å². The van der Waals surface area contributed by atoms with Crippen molar-refractivity contribution in [3.8, 4) is 11.3 Å². The van der Waals surface area contributed by atoms with Gasteiger partial charge in [-0.25, -0.2) is 12.8 Å². The van der Waals surface area contributed by atoms with E-state index in [4.69, 9.17) is 4.52 Å². The van der Waals surface area contributed by atoms with Crippen LogP contribution in [0.15, 0.2) is 57.9 Å². The van der Waals surface area contributed by atoms with Gasteiger partial charge in [-0.2, -0.15) is 0 Å². The lowest BCUT2D eigenvalue weighted by Crippen LogP contribution is -2.14. The lowest BCUT2D eigenvalue weighted by Gasteiger charge is -2.11. The predicted molar refractivity (Wildman–Crippen MR) is 88.6 cm³/mol. The van der Waals surface area contributed by atoms with Gasteiger partial charge in [-0.1, -0.05) is 5.16 Å². The second-order valence-electron chi connectivity index (χ2n) is 5.43. The molecule has 0 aliphatic carbocycles. The zero-order valence-electron chi connectivity index (χ0n) is 13.1. The van der Waals surface area contributed by atoms with Crippen LogP contribution in [0, 0.1) is 19.7 Å². The van der Waals surface area contributed by atoms with Gasteiger partial charge in [0.2, 0.25) is 0 Å². The minimum Gasteiger partial charge on any atom is -0.356 e. The van der Waals surface area contributed by atoms with E-state index >= 15 is 0 Å². The molecule has 3 rings (SSSR count). The Morgan fingerprint density at radius 1 is 1.04 bits per heavy atom. The van der Waals surface area contributed by atoms with E-state index in [1.54, 1.807) is 25.1 Å². The first-order valence-corrected chi connectivity index (χ1v) is 8.66. The average molecular weight is 346 g/mol. The monoisotopic (exact) mass is 346 g/mol. The summed E-state index contributed by atoms with van der Waals surface area (Å²) in [6, 6.07) is 11.8. The molecule has 0 unspecified atom stereocenters. The molecule has 0 amide bonds. The Morgan fingerprint density at radius 2 is 1.75 bits per heavy atom. The van der Waals surface area contributed by atoms with Gasteiger partial charge in [0, 0.05) is 17.3 Å². The Balaban J connectivity index is 1.92. The highest BCUT2D eigenvalue weighted by Crippen LogP contribution is 2.26. The second-order valence-corrected chi connectivity index (χ2v) is 7.08. The van der Waals surface area contributed by atoms with Crippen LogP contribution in [0.25, 0.3) is 11.3 Å². The summed E-state index contributed by atoms with van der Waals surface area (Å²) < 4.78 is 45.6. The highest BCUT2D eigenvalue weighted by atomic mass is 32.2. The topological polar surface area (TPSA) is 72.2 Å². The van der Waals surface area contributed by atoms with Gasteiger partial charge in [0.1, 0.15) is 5.82 Å². The Labute approximate surface area is 139 Å². The van der Waals surface area contributed by atoms with Crippen LogP contribution >= 0.6 is 0 Å². The number of rotatable bonds is 4. The summed E-state index contributed by atoms with van der Waals surface area (Å²) in [7, 11) is -3.77. The van der Waals surface area contributed by atoms with Crippen molar-refractivity contribution in [3.63, 3.8) is 0 Å². The molecule has 124 valence electrons. The van der Waals surface area contributed by atoms with Crippen LogP contribution < -0.4 is 4.72 Å². The Hall–Kier alpha value is -2.67. The molecule has 0 aliphatic heterocycles. The number of aryl methyl sites for hydroxylation is 2. The van der Waals surface area contributed by atoms with E-state index in [1.165, 1.54) is 30.3 Å². The Bertz CT molecular complexity index is 979. The zero-order valence-corrected chi connectivity index (χ0v) is 13.9. The second kappa shape index (κ2) is 6.09. The van der Waals surface area contributed by atoms with Crippen molar-refractivity contribution in [1.82, 2.24) is 5.16 Å². The smallest absolute Gasteiger partial charge is 0.262 e. The Morgan fingerprint density at radius 3 is 2.33 bits per heavy atom. The fourth-order valence-corrected chi connectivity index (χ4v) is 3.62. The molecule has 2 aromatic carbocycles. The van der Waals surface area contributed by atoms with Crippen molar-refractivity contribution in [3.05, 3.63) is 65.6 Å². The van der Waals surface area contributed by atoms with Crippen molar-refractivity contribution in [2.75, 3.05) is 4.72 Å². The van der Waals surface area contributed by atoms with Gasteiger partial charge in [0.25, 0.3) is 10.0 Å². The molecule has 0 saturated heterocycles. The molecule has 5 nitrogen and oxygen atoms in total. The van der Waals surface area contributed by atoms with Crippen LogP contribution in [0.4, 0.5) is 10.1 Å².